The molecule has 1 heterocycles. The van der Waals surface area contributed by atoms with E-state index in [0.717, 1.165) is 0 Å². The fraction of sp³-hybridized carbons (Fsp3) is 0.308. The van der Waals surface area contributed by atoms with Crippen molar-refractivity contribution in [3.8, 4) is 0 Å². The number of rotatable bonds is 4. The number of ether oxygens (including phenoxy) is 1. The number of esters is 1. The van der Waals surface area contributed by atoms with E-state index in [2.05, 4.69) is 15.0 Å². The number of sulfonamides is 1. The summed E-state index contributed by atoms with van der Waals surface area (Å²) in [6.07, 6.45) is -0.281. The number of nitrogens with zero attached hydrogens (tertiary/aromatic N) is 1. The minimum absolute atomic E-state index is 0.0192. The van der Waals surface area contributed by atoms with Crippen molar-refractivity contribution in [3.05, 3.63) is 18.2 Å². The molecule has 0 unspecified atom stereocenters. The Labute approximate surface area is 127 Å². The first-order chi connectivity index (χ1) is 10.3. The molecule has 0 aliphatic carbocycles. The second kappa shape index (κ2) is 6.14. The number of anilines is 2. The smallest absolute Gasteiger partial charge is 0.313 e. The van der Waals surface area contributed by atoms with Crippen molar-refractivity contribution in [3.63, 3.8) is 0 Å². The largest absolute Gasteiger partial charge is 0.466 e. The quantitative estimate of drug-likeness (QED) is 0.802. The maximum atomic E-state index is 12.1. The van der Waals surface area contributed by atoms with Crippen LogP contribution in [0.2, 0.25) is 0 Å². The molecule has 118 valence electrons. The summed E-state index contributed by atoms with van der Waals surface area (Å²) in [5.41, 5.74) is 0.687. The third-order valence-corrected chi connectivity index (χ3v) is 4.08. The SMILES string of the molecule is CCOC(=O)CC1=NS(=O)(=O)c2ccc(NC(C)=O)cc2N1. The van der Waals surface area contributed by atoms with Crippen LogP contribution in [0.5, 0.6) is 0 Å². The lowest BCUT2D eigenvalue weighted by molar-refractivity contribution is -0.141. The zero-order chi connectivity index (χ0) is 16.3. The summed E-state index contributed by atoms with van der Waals surface area (Å²) in [5.74, 6) is -0.879. The van der Waals surface area contributed by atoms with Gasteiger partial charge in [-0.2, -0.15) is 8.42 Å². The molecule has 1 aliphatic rings. The molecule has 1 aromatic rings. The molecule has 1 aromatic carbocycles. The van der Waals surface area contributed by atoms with Gasteiger partial charge in [0, 0.05) is 12.6 Å². The minimum Gasteiger partial charge on any atom is -0.466 e. The van der Waals surface area contributed by atoms with Crippen LogP contribution in [-0.4, -0.2) is 32.7 Å². The summed E-state index contributed by atoms with van der Waals surface area (Å²) in [6.45, 7) is 3.19. The van der Waals surface area contributed by atoms with Gasteiger partial charge in [-0.15, -0.1) is 4.40 Å². The van der Waals surface area contributed by atoms with Crippen molar-refractivity contribution < 1.29 is 22.7 Å². The molecule has 0 spiro atoms. The van der Waals surface area contributed by atoms with E-state index in [-0.39, 0.29) is 35.4 Å². The van der Waals surface area contributed by atoms with E-state index >= 15 is 0 Å². The number of amides is 1. The Kier molecular flexibility index (Phi) is 4.45. The maximum absolute atomic E-state index is 12.1. The zero-order valence-electron chi connectivity index (χ0n) is 12.0. The van der Waals surface area contributed by atoms with E-state index in [0.29, 0.717) is 5.69 Å². The molecule has 0 saturated heterocycles. The number of amidine groups is 1. The van der Waals surface area contributed by atoms with Crippen molar-refractivity contribution in [1.29, 1.82) is 0 Å². The lowest BCUT2D eigenvalue weighted by Gasteiger charge is -2.18. The molecule has 22 heavy (non-hydrogen) atoms. The Morgan fingerprint density at radius 3 is 2.73 bits per heavy atom. The number of fused-ring (bicyclic) bond motifs is 1. The Bertz CT molecular complexity index is 755. The predicted octanol–water partition coefficient (Wildman–Crippen LogP) is 1.11. The van der Waals surface area contributed by atoms with Gasteiger partial charge in [-0.25, -0.2) is 0 Å². The predicted molar refractivity (Wildman–Crippen MR) is 80.2 cm³/mol. The van der Waals surface area contributed by atoms with Crippen molar-refractivity contribution in [2.45, 2.75) is 25.2 Å². The van der Waals surface area contributed by atoms with E-state index in [1.165, 1.54) is 25.1 Å². The van der Waals surface area contributed by atoms with Crippen molar-refractivity contribution in [2.24, 2.45) is 4.40 Å². The average Bonchev–Trinajstić information content (AvgIpc) is 2.36. The number of carbonyl (C=O) groups is 2. The number of hydrogen-bond donors (Lipinski definition) is 2. The number of nitrogens with one attached hydrogen (secondary N) is 2. The van der Waals surface area contributed by atoms with Crippen LogP contribution >= 0.6 is 0 Å². The van der Waals surface area contributed by atoms with Gasteiger partial charge in [-0.05, 0) is 25.1 Å². The molecule has 0 atom stereocenters. The summed E-state index contributed by atoms with van der Waals surface area (Å²) >= 11 is 0. The summed E-state index contributed by atoms with van der Waals surface area (Å²) < 4.78 is 32.5. The molecule has 0 saturated carbocycles. The summed E-state index contributed by atoms with van der Waals surface area (Å²) in [7, 11) is -3.89. The fourth-order valence-electron chi connectivity index (χ4n) is 1.93. The van der Waals surface area contributed by atoms with Crippen LogP contribution in [0.4, 0.5) is 11.4 Å². The number of benzene rings is 1. The minimum atomic E-state index is -3.89. The van der Waals surface area contributed by atoms with Gasteiger partial charge in [0.25, 0.3) is 10.0 Å². The van der Waals surface area contributed by atoms with Crippen LogP contribution in [0.25, 0.3) is 0 Å². The zero-order valence-corrected chi connectivity index (χ0v) is 12.9. The van der Waals surface area contributed by atoms with Gasteiger partial charge in [-0.1, -0.05) is 0 Å². The topological polar surface area (TPSA) is 114 Å². The van der Waals surface area contributed by atoms with Gasteiger partial charge in [0.2, 0.25) is 5.91 Å². The third-order valence-electron chi connectivity index (χ3n) is 2.70. The van der Waals surface area contributed by atoms with E-state index in [1.54, 1.807) is 6.92 Å². The monoisotopic (exact) mass is 325 g/mol. The Hall–Kier alpha value is -2.42. The molecule has 0 bridgehead atoms. The molecule has 0 radical (unpaired) electrons. The summed E-state index contributed by atoms with van der Waals surface area (Å²) in [6, 6.07) is 4.27. The lowest BCUT2D eigenvalue weighted by Crippen LogP contribution is -2.25. The third kappa shape index (κ3) is 3.61. The molecule has 2 N–H and O–H groups in total. The molecule has 9 heteroatoms. The van der Waals surface area contributed by atoms with Crippen LogP contribution in [0.15, 0.2) is 27.5 Å². The van der Waals surface area contributed by atoms with Crippen molar-refractivity contribution in [2.75, 3.05) is 17.2 Å². The number of hydrogen-bond acceptors (Lipinski definition) is 6. The first-order valence-corrected chi connectivity index (χ1v) is 7.94. The lowest BCUT2D eigenvalue weighted by atomic mass is 10.2. The van der Waals surface area contributed by atoms with Crippen LogP contribution in [0.3, 0.4) is 0 Å². The number of carbonyl (C=O) groups excluding carboxylic acids is 2. The van der Waals surface area contributed by atoms with Crippen LogP contribution in [0, 0.1) is 0 Å². The normalized spacial score (nSPS) is 15.1. The molecular formula is C13H15N3O5S. The van der Waals surface area contributed by atoms with Gasteiger partial charge in [0.05, 0.1) is 12.3 Å². The molecule has 0 fully saturated rings. The second-order valence-corrected chi connectivity index (χ2v) is 6.08. The highest BCUT2D eigenvalue weighted by molar-refractivity contribution is 7.90. The van der Waals surface area contributed by atoms with Gasteiger partial charge >= 0.3 is 5.97 Å². The van der Waals surface area contributed by atoms with E-state index in [1.807, 2.05) is 0 Å². The van der Waals surface area contributed by atoms with Crippen LogP contribution in [-0.2, 0) is 24.3 Å². The van der Waals surface area contributed by atoms with E-state index in [9.17, 15) is 18.0 Å². The van der Waals surface area contributed by atoms with Gasteiger partial charge in [-0.3, -0.25) is 9.59 Å². The van der Waals surface area contributed by atoms with Gasteiger partial charge in [0.15, 0.2) is 0 Å². The van der Waals surface area contributed by atoms with Gasteiger partial charge in [0.1, 0.15) is 17.2 Å². The van der Waals surface area contributed by atoms with Crippen LogP contribution < -0.4 is 10.6 Å². The van der Waals surface area contributed by atoms with E-state index < -0.39 is 16.0 Å². The molecule has 8 nitrogen and oxygen atoms in total. The highest BCUT2D eigenvalue weighted by atomic mass is 32.2. The van der Waals surface area contributed by atoms with Crippen molar-refractivity contribution in [1.82, 2.24) is 0 Å². The molecule has 1 amide bonds. The Morgan fingerprint density at radius 2 is 2.09 bits per heavy atom. The van der Waals surface area contributed by atoms with E-state index in [4.69, 9.17) is 4.74 Å². The Morgan fingerprint density at radius 1 is 1.36 bits per heavy atom. The molecular weight excluding hydrogens is 310 g/mol. The summed E-state index contributed by atoms with van der Waals surface area (Å²) in [4.78, 5) is 22.5. The summed E-state index contributed by atoms with van der Waals surface area (Å²) in [5, 5.41) is 5.33. The molecule has 1 aliphatic heterocycles. The molecule has 0 aromatic heterocycles. The van der Waals surface area contributed by atoms with Gasteiger partial charge < -0.3 is 15.4 Å². The fourth-order valence-corrected chi connectivity index (χ4v) is 3.06. The first-order valence-electron chi connectivity index (χ1n) is 6.50. The highest BCUT2D eigenvalue weighted by Crippen LogP contribution is 2.30. The van der Waals surface area contributed by atoms with Crippen LogP contribution in [0.1, 0.15) is 20.3 Å². The first kappa shape index (κ1) is 16.0. The average molecular weight is 325 g/mol. The van der Waals surface area contributed by atoms with Crippen molar-refractivity contribution >= 4 is 39.1 Å². The second-order valence-electron chi connectivity index (χ2n) is 4.51. The maximum Gasteiger partial charge on any atom is 0.313 e. The Balaban J connectivity index is 2.31. The highest BCUT2D eigenvalue weighted by Gasteiger charge is 2.26. The standard InChI is InChI=1S/C13H15N3O5S/c1-3-21-13(18)7-12-15-10-6-9(14-8(2)17)4-5-11(10)22(19,20)16-12/h4-6H,3,7H2,1-2H3,(H,14,17)(H,15,16). The molecule has 2 rings (SSSR count).